The first-order valence-corrected chi connectivity index (χ1v) is 5.72. The summed E-state index contributed by atoms with van der Waals surface area (Å²) in [6.07, 6.45) is 1.54. The molecule has 98 valence electrons. The third kappa shape index (κ3) is 2.98. The second kappa shape index (κ2) is 5.34. The van der Waals surface area contributed by atoms with Gasteiger partial charge in [0.2, 0.25) is 5.91 Å². The second-order valence-corrected chi connectivity index (χ2v) is 4.03. The second-order valence-electron chi connectivity index (χ2n) is 4.03. The fourth-order valence-corrected chi connectivity index (χ4v) is 1.74. The van der Waals surface area contributed by atoms with Crippen molar-refractivity contribution < 1.29 is 14.7 Å². The number of amides is 1. The van der Waals surface area contributed by atoms with E-state index in [1.165, 1.54) is 6.20 Å². The Morgan fingerprint density at radius 2 is 1.95 bits per heavy atom. The largest absolute Gasteiger partial charge is 0.476 e. The first kappa shape index (κ1) is 12.8. The fourth-order valence-electron chi connectivity index (χ4n) is 1.74. The van der Waals surface area contributed by atoms with E-state index in [9.17, 15) is 9.59 Å². The van der Waals surface area contributed by atoms with Crippen molar-refractivity contribution in [2.24, 2.45) is 5.73 Å². The van der Waals surface area contributed by atoms with Gasteiger partial charge in [-0.2, -0.15) is 0 Å². The van der Waals surface area contributed by atoms with E-state index in [1.807, 2.05) is 30.3 Å². The lowest BCUT2D eigenvalue weighted by Crippen LogP contribution is -2.14. The van der Waals surface area contributed by atoms with Crippen molar-refractivity contribution in [1.29, 1.82) is 0 Å². The summed E-state index contributed by atoms with van der Waals surface area (Å²) in [5.41, 5.74) is 5.85. The molecule has 0 unspecified atom stereocenters. The van der Waals surface area contributed by atoms with Gasteiger partial charge >= 0.3 is 5.97 Å². The van der Waals surface area contributed by atoms with Gasteiger partial charge < -0.3 is 15.4 Å². The number of aromatic carboxylic acids is 1. The van der Waals surface area contributed by atoms with Crippen molar-refractivity contribution in [1.82, 2.24) is 9.55 Å². The van der Waals surface area contributed by atoms with Crippen LogP contribution in [0.5, 0.6) is 0 Å². The molecule has 1 amide bonds. The van der Waals surface area contributed by atoms with Gasteiger partial charge in [0.1, 0.15) is 5.82 Å². The number of carbonyl (C=O) groups is 2. The highest BCUT2D eigenvalue weighted by atomic mass is 16.4. The van der Waals surface area contributed by atoms with Crippen molar-refractivity contribution in [3.63, 3.8) is 0 Å². The summed E-state index contributed by atoms with van der Waals surface area (Å²) in [6.45, 7) is 0.305. The van der Waals surface area contributed by atoms with E-state index >= 15 is 0 Å². The van der Waals surface area contributed by atoms with Gasteiger partial charge in [-0.1, -0.05) is 30.3 Å². The summed E-state index contributed by atoms with van der Waals surface area (Å²) in [5.74, 6) is -1.03. The smallest absolute Gasteiger partial charge is 0.356 e. The lowest BCUT2D eigenvalue weighted by Gasteiger charge is -2.05. The Hall–Kier alpha value is -2.63. The van der Waals surface area contributed by atoms with Crippen LogP contribution in [0.25, 0.3) is 11.4 Å². The molecule has 3 N–H and O–H groups in total. The molecule has 0 aliphatic carbocycles. The van der Waals surface area contributed by atoms with Gasteiger partial charge in [0.05, 0.1) is 0 Å². The third-order valence-electron chi connectivity index (χ3n) is 2.63. The molecule has 19 heavy (non-hydrogen) atoms. The van der Waals surface area contributed by atoms with Crippen molar-refractivity contribution in [3.8, 4) is 11.4 Å². The fraction of sp³-hybridized carbons (Fsp3) is 0.154. The van der Waals surface area contributed by atoms with Crippen LogP contribution in [-0.2, 0) is 11.3 Å². The summed E-state index contributed by atoms with van der Waals surface area (Å²) < 4.78 is 1.63. The molecule has 2 rings (SSSR count). The number of aryl methyl sites for hydroxylation is 1. The molecular weight excluding hydrogens is 246 g/mol. The van der Waals surface area contributed by atoms with Crippen LogP contribution in [0.3, 0.4) is 0 Å². The van der Waals surface area contributed by atoms with Gasteiger partial charge in [0.15, 0.2) is 5.69 Å². The van der Waals surface area contributed by atoms with Crippen LogP contribution in [0.1, 0.15) is 16.9 Å². The first-order chi connectivity index (χ1) is 9.08. The summed E-state index contributed by atoms with van der Waals surface area (Å²) in [5, 5.41) is 8.98. The van der Waals surface area contributed by atoms with Crippen molar-refractivity contribution in [2.75, 3.05) is 0 Å². The van der Waals surface area contributed by atoms with E-state index in [1.54, 1.807) is 4.57 Å². The molecule has 6 heteroatoms. The van der Waals surface area contributed by atoms with Crippen LogP contribution in [0, 0.1) is 0 Å². The monoisotopic (exact) mass is 259 g/mol. The van der Waals surface area contributed by atoms with Gasteiger partial charge in [0, 0.05) is 24.7 Å². The molecule has 0 saturated carbocycles. The number of benzene rings is 1. The minimum atomic E-state index is -1.10. The van der Waals surface area contributed by atoms with Crippen LogP contribution in [0.2, 0.25) is 0 Å². The molecule has 1 aromatic carbocycles. The number of aromatic nitrogens is 2. The topological polar surface area (TPSA) is 98.2 Å². The van der Waals surface area contributed by atoms with E-state index in [0.29, 0.717) is 12.4 Å². The standard InChI is InChI=1S/C13H13N3O3/c14-11(17)6-7-16-8-10(13(18)19)15-12(16)9-4-2-1-3-5-9/h1-5,8H,6-7H2,(H2,14,17)(H,18,19). The number of primary amides is 1. The molecule has 1 heterocycles. The van der Waals surface area contributed by atoms with Crippen LogP contribution >= 0.6 is 0 Å². The molecule has 0 bridgehead atoms. The quantitative estimate of drug-likeness (QED) is 0.840. The SMILES string of the molecule is NC(=O)CCn1cc(C(=O)O)nc1-c1ccccc1. The summed E-state index contributed by atoms with van der Waals surface area (Å²) >= 11 is 0. The molecular formula is C13H13N3O3. The van der Waals surface area contributed by atoms with Gasteiger partial charge in [0.25, 0.3) is 0 Å². The zero-order chi connectivity index (χ0) is 13.8. The highest BCUT2D eigenvalue weighted by Gasteiger charge is 2.14. The Bertz CT molecular complexity index is 605. The van der Waals surface area contributed by atoms with E-state index in [2.05, 4.69) is 4.98 Å². The Kier molecular flexibility index (Phi) is 3.61. The average Bonchev–Trinajstić information content (AvgIpc) is 2.81. The van der Waals surface area contributed by atoms with E-state index in [4.69, 9.17) is 10.8 Å². The van der Waals surface area contributed by atoms with Crippen LogP contribution < -0.4 is 5.73 Å². The number of nitrogens with two attached hydrogens (primary N) is 1. The molecule has 0 saturated heterocycles. The predicted molar refractivity (Wildman–Crippen MR) is 68.4 cm³/mol. The zero-order valence-corrected chi connectivity index (χ0v) is 10.1. The lowest BCUT2D eigenvalue weighted by molar-refractivity contribution is -0.118. The molecule has 6 nitrogen and oxygen atoms in total. The minimum Gasteiger partial charge on any atom is -0.476 e. The lowest BCUT2D eigenvalue weighted by atomic mass is 10.2. The van der Waals surface area contributed by atoms with E-state index in [0.717, 1.165) is 5.56 Å². The van der Waals surface area contributed by atoms with E-state index < -0.39 is 11.9 Å². The maximum Gasteiger partial charge on any atom is 0.356 e. The number of nitrogens with zero attached hydrogens (tertiary/aromatic N) is 2. The zero-order valence-electron chi connectivity index (χ0n) is 10.1. The summed E-state index contributed by atoms with van der Waals surface area (Å²) in [7, 11) is 0. The van der Waals surface area contributed by atoms with Crippen molar-refractivity contribution in [3.05, 3.63) is 42.2 Å². The Morgan fingerprint density at radius 1 is 1.26 bits per heavy atom. The third-order valence-corrected chi connectivity index (χ3v) is 2.63. The van der Waals surface area contributed by atoms with Gasteiger partial charge in [-0.25, -0.2) is 9.78 Å². The Balaban J connectivity index is 2.40. The highest BCUT2D eigenvalue weighted by Crippen LogP contribution is 2.19. The van der Waals surface area contributed by atoms with Crippen molar-refractivity contribution >= 4 is 11.9 Å². The number of imidazole rings is 1. The molecule has 0 fully saturated rings. The predicted octanol–water partition coefficient (Wildman–Crippen LogP) is 1.12. The molecule has 0 aliphatic heterocycles. The van der Waals surface area contributed by atoms with Gasteiger partial charge in [-0.3, -0.25) is 4.79 Å². The summed E-state index contributed by atoms with van der Waals surface area (Å²) in [4.78, 5) is 25.9. The van der Waals surface area contributed by atoms with Crippen molar-refractivity contribution in [2.45, 2.75) is 13.0 Å². The molecule has 2 aromatic rings. The molecule has 1 aromatic heterocycles. The molecule has 0 atom stereocenters. The Labute approximate surface area is 109 Å². The van der Waals surface area contributed by atoms with Gasteiger partial charge in [-0.15, -0.1) is 0 Å². The molecule has 0 radical (unpaired) electrons. The number of hydrogen-bond donors (Lipinski definition) is 2. The number of carboxylic acids is 1. The number of carbonyl (C=O) groups excluding carboxylic acids is 1. The summed E-state index contributed by atoms with van der Waals surface area (Å²) in [6, 6.07) is 9.19. The first-order valence-electron chi connectivity index (χ1n) is 5.72. The van der Waals surface area contributed by atoms with Crippen LogP contribution in [0.15, 0.2) is 36.5 Å². The normalized spacial score (nSPS) is 10.3. The maximum atomic E-state index is 11.0. The molecule has 0 aliphatic rings. The molecule has 0 spiro atoms. The number of hydrogen-bond acceptors (Lipinski definition) is 3. The van der Waals surface area contributed by atoms with Crippen LogP contribution in [0.4, 0.5) is 0 Å². The minimum absolute atomic E-state index is 0.0525. The maximum absolute atomic E-state index is 11.0. The highest BCUT2D eigenvalue weighted by molar-refractivity contribution is 5.86. The average molecular weight is 259 g/mol. The number of carboxylic acid groups (broad SMARTS) is 1. The Morgan fingerprint density at radius 3 is 2.53 bits per heavy atom. The van der Waals surface area contributed by atoms with E-state index in [-0.39, 0.29) is 12.1 Å². The van der Waals surface area contributed by atoms with Gasteiger partial charge in [-0.05, 0) is 0 Å². The number of rotatable bonds is 5. The van der Waals surface area contributed by atoms with Crippen LogP contribution in [-0.4, -0.2) is 26.5 Å².